The molecule has 1 N–H and O–H groups in total. The zero-order chi connectivity index (χ0) is 26.1. The average molecular weight is 577 g/mol. The first kappa shape index (κ1) is 24.5. The number of carboxylic acid groups (broad SMARTS) is 1. The number of alkyl halides is 4. The van der Waals surface area contributed by atoms with Gasteiger partial charge in [0.05, 0.1) is 17.9 Å². The monoisotopic (exact) mass is 576 g/mol. The number of esters is 1. The Kier molecular flexibility index (Phi) is 5.36. The lowest BCUT2D eigenvalue weighted by Gasteiger charge is -2.15. The number of rotatable bonds is 4. The minimum absolute atomic E-state index is 0.0544. The first-order chi connectivity index (χ1) is 16.8. The number of carbonyl (C=O) groups is 2. The fraction of sp³-hybridized carbons (Fsp3) is 0.391. The highest BCUT2D eigenvalue weighted by Gasteiger charge is 2.55. The predicted octanol–water partition coefficient (Wildman–Crippen LogP) is 5.10. The second kappa shape index (κ2) is 7.89. The summed E-state index contributed by atoms with van der Waals surface area (Å²) in [5.74, 6) is -1.62. The maximum atomic E-state index is 13.0. The molecular weight excluding hydrogens is 560 g/mol. The molecule has 0 spiro atoms. The van der Waals surface area contributed by atoms with Crippen LogP contribution in [0.4, 0.5) is 17.6 Å². The van der Waals surface area contributed by atoms with Gasteiger partial charge in [-0.2, -0.15) is 0 Å². The van der Waals surface area contributed by atoms with Gasteiger partial charge in [-0.1, -0.05) is 22.0 Å². The van der Waals surface area contributed by atoms with E-state index in [1.54, 1.807) is 0 Å². The van der Waals surface area contributed by atoms with Crippen LogP contribution in [0.1, 0.15) is 36.8 Å². The van der Waals surface area contributed by atoms with Gasteiger partial charge in [0.15, 0.2) is 23.0 Å². The standard InChI is InChI=1S/C12H9BrF2O4.C11H8F2O4/c1-17-10(16)11(2-3-11)6-4-8-9(5-7(6)13)19-12(14,15)18-8;12-11(13)16-7-2-1-6(5-8(7)17-11)10(3-4-10)9(14)15/h4-5H,2-3H2,1H3;1-2,5H,3-4H2,(H,14,15). The number of hydrogen-bond acceptors (Lipinski definition) is 7. The minimum Gasteiger partial charge on any atom is -0.481 e. The lowest BCUT2D eigenvalue weighted by molar-refractivity contribution is -0.287. The minimum atomic E-state index is -3.67. The van der Waals surface area contributed by atoms with Gasteiger partial charge in [0, 0.05) is 4.47 Å². The van der Waals surface area contributed by atoms with Crippen LogP contribution in [0.25, 0.3) is 0 Å². The molecule has 8 nitrogen and oxygen atoms in total. The van der Waals surface area contributed by atoms with Crippen molar-refractivity contribution >= 4 is 27.9 Å². The van der Waals surface area contributed by atoms with Gasteiger partial charge in [0.2, 0.25) is 0 Å². The third kappa shape index (κ3) is 4.08. The van der Waals surface area contributed by atoms with Crippen LogP contribution < -0.4 is 18.9 Å². The zero-order valence-corrected chi connectivity index (χ0v) is 20.0. The first-order valence-corrected chi connectivity index (χ1v) is 11.4. The van der Waals surface area contributed by atoms with E-state index in [0.717, 1.165) is 0 Å². The number of aliphatic carboxylic acids is 1. The summed E-state index contributed by atoms with van der Waals surface area (Å²) in [5, 5.41) is 9.09. The molecule has 2 aliphatic carbocycles. The highest BCUT2D eigenvalue weighted by atomic mass is 79.9. The van der Waals surface area contributed by atoms with E-state index in [2.05, 4.69) is 34.9 Å². The van der Waals surface area contributed by atoms with Gasteiger partial charge < -0.3 is 28.8 Å². The maximum Gasteiger partial charge on any atom is 0.586 e. The van der Waals surface area contributed by atoms with Crippen LogP contribution in [0, 0.1) is 0 Å². The molecule has 0 saturated heterocycles. The fourth-order valence-electron chi connectivity index (χ4n) is 4.24. The van der Waals surface area contributed by atoms with Gasteiger partial charge in [0.25, 0.3) is 0 Å². The summed E-state index contributed by atoms with van der Waals surface area (Å²) in [5.41, 5.74) is -0.635. The van der Waals surface area contributed by atoms with Crippen molar-refractivity contribution in [1.29, 1.82) is 0 Å². The van der Waals surface area contributed by atoms with Crippen molar-refractivity contribution in [2.24, 2.45) is 0 Å². The summed E-state index contributed by atoms with van der Waals surface area (Å²) in [6.45, 7) is 0. The zero-order valence-electron chi connectivity index (χ0n) is 18.4. The summed E-state index contributed by atoms with van der Waals surface area (Å²) >= 11 is 3.27. The number of hydrogen-bond donors (Lipinski definition) is 1. The SMILES string of the molecule is COC(=O)C1(c2cc3c(cc2Br)OC(F)(F)O3)CC1.O=C(O)C1(c2ccc3c(c2)OC(F)(F)O3)CC1. The predicted molar refractivity (Wildman–Crippen MR) is 114 cm³/mol. The largest absolute Gasteiger partial charge is 0.586 e. The molecule has 13 heteroatoms. The summed E-state index contributed by atoms with van der Waals surface area (Å²) in [4.78, 5) is 22.9. The molecule has 4 aliphatic rings. The molecule has 2 saturated carbocycles. The quantitative estimate of drug-likeness (QED) is 0.396. The highest BCUT2D eigenvalue weighted by molar-refractivity contribution is 9.10. The van der Waals surface area contributed by atoms with E-state index in [0.29, 0.717) is 41.3 Å². The van der Waals surface area contributed by atoms with Crippen molar-refractivity contribution in [3.63, 3.8) is 0 Å². The van der Waals surface area contributed by atoms with E-state index in [1.165, 1.54) is 37.4 Å². The third-order valence-electron chi connectivity index (χ3n) is 6.45. The van der Waals surface area contributed by atoms with Gasteiger partial charge in [0.1, 0.15) is 0 Å². The molecular formula is C23H17BrF4O8. The van der Waals surface area contributed by atoms with E-state index in [4.69, 9.17) is 9.84 Å². The molecule has 2 aromatic rings. The highest BCUT2D eigenvalue weighted by Crippen LogP contribution is 2.55. The van der Waals surface area contributed by atoms with E-state index >= 15 is 0 Å². The Hall–Kier alpha value is -3.22. The van der Waals surface area contributed by atoms with Crippen molar-refractivity contribution in [2.45, 2.75) is 49.1 Å². The number of methoxy groups -OCH3 is 1. The average Bonchev–Trinajstić information content (AvgIpc) is 3.70. The third-order valence-corrected chi connectivity index (χ3v) is 7.10. The lowest BCUT2D eigenvalue weighted by Crippen LogP contribution is -2.26. The molecule has 0 amide bonds. The lowest BCUT2D eigenvalue weighted by atomic mass is 9.95. The van der Waals surface area contributed by atoms with Crippen LogP contribution in [-0.2, 0) is 25.2 Å². The number of carbonyl (C=O) groups excluding carboxylic acids is 1. The summed E-state index contributed by atoms with van der Waals surface area (Å²) in [7, 11) is 1.30. The number of fused-ring (bicyclic) bond motifs is 2. The van der Waals surface area contributed by atoms with Crippen molar-refractivity contribution in [1.82, 2.24) is 0 Å². The van der Waals surface area contributed by atoms with Gasteiger partial charge >= 0.3 is 24.5 Å². The van der Waals surface area contributed by atoms with Crippen LogP contribution in [0.5, 0.6) is 23.0 Å². The normalized spacial score (nSPS) is 21.6. The molecule has 6 rings (SSSR count). The molecule has 36 heavy (non-hydrogen) atoms. The van der Waals surface area contributed by atoms with Gasteiger partial charge in [-0.05, 0) is 61.1 Å². The van der Waals surface area contributed by atoms with Crippen molar-refractivity contribution in [2.75, 3.05) is 7.11 Å². The Morgan fingerprint density at radius 2 is 1.33 bits per heavy atom. The van der Waals surface area contributed by atoms with Crippen molar-refractivity contribution in [3.8, 4) is 23.0 Å². The second-order valence-corrected chi connectivity index (χ2v) is 9.59. The summed E-state index contributed by atoms with van der Waals surface area (Å²) < 4.78 is 74.1. The van der Waals surface area contributed by atoms with E-state index in [1.807, 2.05) is 0 Å². The molecule has 2 aromatic carbocycles. The van der Waals surface area contributed by atoms with Gasteiger partial charge in [-0.15, -0.1) is 17.6 Å². The molecule has 2 aliphatic heterocycles. The van der Waals surface area contributed by atoms with Crippen molar-refractivity contribution < 1.29 is 55.9 Å². The van der Waals surface area contributed by atoms with Gasteiger partial charge in [-0.25, -0.2) is 0 Å². The van der Waals surface area contributed by atoms with Crippen LogP contribution >= 0.6 is 15.9 Å². The summed E-state index contributed by atoms with van der Waals surface area (Å²) in [6.07, 6.45) is -5.07. The Balaban J connectivity index is 0.000000149. The number of carboxylic acids is 1. The summed E-state index contributed by atoms with van der Waals surface area (Å²) in [6, 6.07) is 6.91. The first-order valence-electron chi connectivity index (χ1n) is 10.6. The molecule has 192 valence electrons. The van der Waals surface area contributed by atoms with Crippen LogP contribution in [0.15, 0.2) is 34.8 Å². The number of benzene rings is 2. The van der Waals surface area contributed by atoms with Crippen LogP contribution in [-0.4, -0.2) is 36.7 Å². The second-order valence-electron chi connectivity index (χ2n) is 8.74. The topological polar surface area (TPSA) is 101 Å². The molecule has 2 heterocycles. The molecule has 2 fully saturated rings. The maximum absolute atomic E-state index is 13.0. The fourth-order valence-corrected chi connectivity index (χ4v) is 4.94. The number of ether oxygens (including phenoxy) is 5. The van der Waals surface area contributed by atoms with Gasteiger partial charge in [-0.3, -0.25) is 9.59 Å². The van der Waals surface area contributed by atoms with E-state index in [-0.39, 0.29) is 29.0 Å². The molecule has 0 aromatic heterocycles. The Morgan fingerprint density at radius 3 is 1.83 bits per heavy atom. The van der Waals surface area contributed by atoms with Crippen LogP contribution in [0.2, 0.25) is 0 Å². The molecule has 0 atom stereocenters. The molecule has 0 bridgehead atoms. The van der Waals surface area contributed by atoms with Crippen molar-refractivity contribution in [3.05, 3.63) is 45.9 Å². The van der Waals surface area contributed by atoms with E-state index < -0.39 is 29.4 Å². The van der Waals surface area contributed by atoms with Crippen LogP contribution in [0.3, 0.4) is 0 Å². The Morgan fingerprint density at radius 1 is 0.833 bits per heavy atom. The number of halogens is 5. The molecule has 0 radical (unpaired) electrons. The smallest absolute Gasteiger partial charge is 0.481 e. The molecule has 0 unspecified atom stereocenters. The Bertz CT molecular complexity index is 1270. The van der Waals surface area contributed by atoms with E-state index in [9.17, 15) is 27.2 Å². The Labute approximate surface area is 209 Å².